The molecule has 0 amide bonds. The van der Waals surface area contributed by atoms with Crippen molar-refractivity contribution in [3.8, 4) is 5.75 Å². The van der Waals surface area contributed by atoms with Crippen LogP contribution < -0.4 is 42.5 Å². The molecular formula is C46H76N8O. The Kier molecular flexibility index (Phi) is 9.97. The van der Waals surface area contributed by atoms with E-state index in [1.165, 1.54) is 102 Å². The van der Waals surface area contributed by atoms with Gasteiger partial charge in [-0.3, -0.25) is 42.5 Å². The van der Waals surface area contributed by atoms with E-state index in [9.17, 15) is 5.11 Å². The predicted molar refractivity (Wildman–Crippen MR) is 221 cm³/mol. The summed E-state index contributed by atoms with van der Waals surface area (Å²) in [6, 6.07) is 4.83. The first-order valence-electron chi connectivity index (χ1n) is 23.4. The molecule has 0 spiro atoms. The van der Waals surface area contributed by atoms with E-state index in [2.05, 4.69) is 96.2 Å². The average Bonchev–Trinajstić information content (AvgIpc) is 3.90. The van der Waals surface area contributed by atoms with Crippen molar-refractivity contribution in [2.45, 2.75) is 204 Å². The Bertz CT molecular complexity index is 1520. The van der Waals surface area contributed by atoms with Gasteiger partial charge in [0.25, 0.3) is 0 Å². The first kappa shape index (κ1) is 37.9. The van der Waals surface area contributed by atoms with Crippen molar-refractivity contribution in [3.05, 3.63) is 28.8 Å². The van der Waals surface area contributed by atoms with E-state index in [-0.39, 0.29) is 23.2 Å². The predicted octanol–water partition coefficient (Wildman–Crippen LogP) is 6.30. The van der Waals surface area contributed by atoms with E-state index in [1.807, 2.05) is 0 Å². The number of phenolic OH excluding ortho intramolecular Hbond substituents is 1. The van der Waals surface area contributed by atoms with Crippen molar-refractivity contribution in [3.63, 3.8) is 0 Å². The molecule has 5 aliphatic heterocycles. The summed E-state index contributed by atoms with van der Waals surface area (Å²) < 4.78 is 0. The Labute approximate surface area is 332 Å². The maximum absolute atomic E-state index is 11.8. The van der Waals surface area contributed by atoms with Crippen molar-refractivity contribution in [1.29, 1.82) is 0 Å². The topological polar surface area (TPSA) is 116 Å². The number of nitrogens with one attached hydrogen (secondary N) is 8. The number of aromatic hydroxyl groups is 1. The Morgan fingerprint density at radius 1 is 0.400 bits per heavy atom. The number of rotatable bonds is 1. The van der Waals surface area contributed by atoms with Crippen LogP contribution in [0.25, 0.3) is 0 Å². The standard InChI is InChI=1S/C46H76N8O/c1-45(2,3)33-22-24(23-34(36(33)55)46(4,5)6)25-20-13-21-32-35(25)44-53-42-31-19-12-11-18-30(31)40(51-42)49-38-27-15-8-7-14-26(27)37(47-38)48-39-28-16-9-10-17-29(28)41(50-39)52-43(32)54-44/h22-23,25-32,35,37-44,47-55H,7-21H2,1-6H3. The van der Waals surface area contributed by atoms with Crippen LogP contribution in [-0.2, 0) is 10.8 Å². The van der Waals surface area contributed by atoms with E-state index in [4.69, 9.17) is 0 Å². The van der Waals surface area contributed by atoms with E-state index >= 15 is 0 Å². The number of phenols is 1. The van der Waals surface area contributed by atoms with Crippen LogP contribution in [0.3, 0.4) is 0 Å². The molecule has 1 aromatic rings. The highest BCUT2D eigenvalue weighted by Gasteiger charge is 2.56. The molecule has 4 saturated carbocycles. The van der Waals surface area contributed by atoms with Gasteiger partial charge in [0.2, 0.25) is 0 Å². The van der Waals surface area contributed by atoms with Gasteiger partial charge in [-0.1, -0.05) is 98.6 Å². The molecule has 17 unspecified atom stereocenters. The molecule has 9 heteroatoms. The molecule has 10 rings (SSSR count). The third-order valence-corrected chi connectivity index (χ3v) is 17.1. The van der Waals surface area contributed by atoms with Crippen molar-refractivity contribution < 1.29 is 5.11 Å². The lowest BCUT2D eigenvalue weighted by Crippen LogP contribution is -2.61. The maximum atomic E-state index is 11.8. The van der Waals surface area contributed by atoms with Gasteiger partial charge in [0.1, 0.15) is 5.75 Å². The zero-order valence-electron chi connectivity index (χ0n) is 35.0. The second-order valence-electron chi connectivity index (χ2n) is 22.2. The lowest BCUT2D eigenvalue weighted by molar-refractivity contribution is 0.155. The molecule has 5 heterocycles. The number of fused-ring (bicyclic) bond motifs is 20. The second kappa shape index (κ2) is 14.5. The van der Waals surface area contributed by atoms with Gasteiger partial charge in [-0.15, -0.1) is 0 Å². The molecule has 1 aromatic carbocycles. The number of hydrogen-bond donors (Lipinski definition) is 9. The Morgan fingerprint density at radius 3 is 1.02 bits per heavy atom. The van der Waals surface area contributed by atoms with E-state index in [1.54, 1.807) is 0 Å². The third kappa shape index (κ3) is 6.75. The van der Waals surface area contributed by atoms with Crippen molar-refractivity contribution >= 4 is 0 Å². The van der Waals surface area contributed by atoms with Crippen LogP contribution in [0, 0.1) is 47.3 Å². The summed E-state index contributed by atoms with van der Waals surface area (Å²) >= 11 is 0. The van der Waals surface area contributed by atoms with Gasteiger partial charge in [-0.25, -0.2) is 0 Å². The van der Waals surface area contributed by atoms with Crippen LogP contribution in [0.5, 0.6) is 5.75 Å². The van der Waals surface area contributed by atoms with Crippen molar-refractivity contribution in [2.24, 2.45) is 47.3 Å². The molecule has 55 heavy (non-hydrogen) atoms. The normalized spacial score (nSPS) is 47.1. The lowest BCUT2D eigenvalue weighted by atomic mass is 9.67. The van der Waals surface area contributed by atoms with Crippen LogP contribution in [0.2, 0.25) is 0 Å². The zero-order valence-corrected chi connectivity index (χ0v) is 35.0. The largest absolute Gasteiger partial charge is 0.507 e. The molecule has 9 fully saturated rings. The highest BCUT2D eigenvalue weighted by Crippen LogP contribution is 2.51. The average molecular weight is 757 g/mol. The molecule has 9 aliphatic rings. The number of hydrogen-bond acceptors (Lipinski definition) is 9. The molecule has 306 valence electrons. The lowest BCUT2D eigenvalue weighted by Gasteiger charge is -2.40. The minimum absolute atomic E-state index is 0.138. The fourth-order valence-corrected chi connectivity index (χ4v) is 14.5. The van der Waals surface area contributed by atoms with Gasteiger partial charge >= 0.3 is 0 Å². The summed E-state index contributed by atoms with van der Waals surface area (Å²) in [5.74, 6) is 5.95. The Hall–Kier alpha value is -1.30. The molecule has 0 aromatic heterocycles. The van der Waals surface area contributed by atoms with Gasteiger partial charge in [0, 0.05) is 0 Å². The molecule has 9 nitrogen and oxygen atoms in total. The van der Waals surface area contributed by atoms with Crippen molar-refractivity contribution in [2.75, 3.05) is 0 Å². The monoisotopic (exact) mass is 757 g/mol. The summed E-state index contributed by atoms with van der Waals surface area (Å²) in [6.45, 7) is 13.6. The van der Waals surface area contributed by atoms with Crippen LogP contribution in [0.4, 0.5) is 0 Å². The molecule has 8 bridgehead atoms. The summed E-state index contributed by atoms with van der Waals surface area (Å²) in [7, 11) is 0. The SMILES string of the molecule is CC(C)(C)c1cc(C2CCCC3C4NC5NC(NC6NC(NC7NC(NC(N4)C23)C2CCCCC72)C2CCCCC62)C2CCCCC52)cc(C(C)(C)C)c1O. The molecule has 17 atom stereocenters. The minimum Gasteiger partial charge on any atom is -0.507 e. The van der Waals surface area contributed by atoms with E-state index < -0.39 is 0 Å². The van der Waals surface area contributed by atoms with Gasteiger partial charge < -0.3 is 5.11 Å². The second-order valence-corrected chi connectivity index (χ2v) is 22.2. The molecule has 0 radical (unpaired) electrons. The van der Waals surface area contributed by atoms with Gasteiger partial charge in [-0.05, 0) is 132 Å². The van der Waals surface area contributed by atoms with Gasteiger partial charge in [-0.2, -0.15) is 0 Å². The Balaban J connectivity index is 1.03. The summed E-state index contributed by atoms with van der Waals surface area (Å²) in [6.07, 6.45) is 22.3. The Morgan fingerprint density at radius 2 is 0.691 bits per heavy atom. The maximum Gasteiger partial charge on any atom is 0.123 e. The van der Waals surface area contributed by atoms with Crippen LogP contribution in [0.1, 0.15) is 160 Å². The fourth-order valence-electron chi connectivity index (χ4n) is 14.5. The smallest absolute Gasteiger partial charge is 0.123 e. The molecule has 9 N–H and O–H groups in total. The quantitative estimate of drug-likeness (QED) is 0.163. The van der Waals surface area contributed by atoms with Crippen molar-refractivity contribution in [1.82, 2.24) is 42.5 Å². The summed E-state index contributed by atoms with van der Waals surface area (Å²) in [5, 5.41) is 46.3. The first-order valence-corrected chi connectivity index (χ1v) is 23.4. The van der Waals surface area contributed by atoms with E-state index in [0.29, 0.717) is 96.0 Å². The minimum atomic E-state index is -0.138. The van der Waals surface area contributed by atoms with Gasteiger partial charge in [0.05, 0.1) is 49.3 Å². The first-order chi connectivity index (χ1) is 26.4. The molecule has 4 aliphatic carbocycles. The summed E-state index contributed by atoms with van der Waals surface area (Å²) in [5.41, 5.74) is 3.37. The van der Waals surface area contributed by atoms with Gasteiger partial charge in [0.15, 0.2) is 0 Å². The highest BCUT2D eigenvalue weighted by molar-refractivity contribution is 5.51. The number of benzene rings is 1. The van der Waals surface area contributed by atoms with Crippen LogP contribution >= 0.6 is 0 Å². The summed E-state index contributed by atoms with van der Waals surface area (Å²) in [4.78, 5) is 0. The third-order valence-electron chi connectivity index (χ3n) is 17.1. The van der Waals surface area contributed by atoms with E-state index in [0.717, 1.165) is 11.1 Å². The highest BCUT2D eigenvalue weighted by atomic mass is 16.3. The van der Waals surface area contributed by atoms with Crippen LogP contribution in [-0.4, -0.2) is 54.4 Å². The van der Waals surface area contributed by atoms with Crippen LogP contribution in [0.15, 0.2) is 12.1 Å². The zero-order chi connectivity index (χ0) is 37.8. The fraction of sp³-hybridized carbons (Fsp3) is 0.870. The molecule has 5 saturated heterocycles. The molecular weight excluding hydrogens is 681 g/mol.